The van der Waals surface area contributed by atoms with Crippen molar-refractivity contribution in [1.29, 1.82) is 0 Å². The van der Waals surface area contributed by atoms with Crippen molar-refractivity contribution in [2.45, 2.75) is 13.5 Å². The van der Waals surface area contributed by atoms with Gasteiger partial charge in [-0.1, -0.05) is 30.3 Å². The van der Waals surface area contributed by atoms with Crippen molar-refractivity contribution in [2.75, 3.05) is 5.32 Å². The van der Waals surface area contributed by atoms with Crippen LogP contribution in [0.5, 0.6) is 5.75 Å². The normalized spacial score (nSPS) is 11.1. The first-order chi connectivity index (χ1) is 18.0. The molecule has 0 saturated heterocycles. The van der Waals surface area contributed by atoms with Gasteiger partial charge in [-0.15, -0.1) is 5.11 Å². The summed E-state index contributed by atoms with van der Waals surface area (Å²) in [5.74, 6) is -0.289. The summed E-state index contributed by atoms with van der Waals surface area (Å²) in [5, 5.41) is 21.1. The number of azo groups is 1. The van der Waals surface area contributed by atoms with Crippen molar-refractivity contribution in [3.63, 3.8) is 0 Å². The lowest BCUT2D eigenvalue weighted by atomic mass is 10.1. The number of hydrogen-bond donors (Lipinski definition) is 2. The van der Waals surface area contributed by atoms with Crippen molar-refractivity contribution < 1.29 is 9.50 Å². The average molecular weight is 492 g/mol. The van der Waals surface area contributed by atoms with Crippen molar-refractivity contribution in [2.24, 2.45) is 10.2 Å². The molecule has 0 spiro atoms. The molecule has 0 aliphatic carbocycles. The van der Waals surface area contributed by atoms with E-state index in [0.717, 1.165) is 34.4 Å². The minimum atomic E-state index is -0.573. The van der Waals surface area contributed by atoms with E-state index < -0.39 is 5.82 Å². The molecule has 182 valence electrons. The summed E-state index contributed by atoms with van der Waals surface area (Å²) in [5.41, 5.74) is 5.64. The van der Waals surface area contributed by atoms with E-state index in [1.54, 1.807) is 30.5 Å². The second-order valence-corrected chi connectivity index (χ2v) is 8.22. The Balaban J connectivity index is 1.20. The number of anilines is 2. The Hall–Kier alpha value is -5.05. The van der Waals surface area contributed by atoms with Gasteiger partial charge in [0.2, 0.25) is 0 Å². The standard InChI is InChI=1S/C28H22FN7O/c1-18-4-2-7-26(33-18)27-25(29)17-31-28(35-27)36-32-16-22-12-13-23(15-30-22)34-21-10-8-19(9-11-21)20-5-3-6-24(37)14-20/h2-15,17,34,37H,16H2,1H3. The first-order valence-corrected chi connectivity index (χ1v) is 11.5. The van der Waals surface area contributed by atoms with Crippen molar-refractivity contribution in [3.8, 4) is 28.3 Å². The average Bonchev–Trinajstić information content (AvgIpc) is 2.91. The van der Waals surface area contributed by atoms with Crippen LogP contribution in [0.3, 0.4) is 0 Å². The molecule has 5 rings (SSSR count). The maximum atomic E-state index is 14.2. The van der Waals surface area contributed by atoms with E-state index >= 15 is 0 Å². The summed E-state index contributed by atoms with van der Waals surface area (Å²) in [7, 11) is 0. The van der Waals surface area contributed by atoms with Crippen LogP contribution in [0.1, 0.15) is 11.4 Å². The number of hydrogen-bond acceptors (Lipinski definition) is 8. The lowest BCUT2D eigenvalue weighted by molar-refractivity contribution is 0.475. The second-order valence-electron chi connectivity index (χ2n) is 8.22. The largest absolute Gasteiger partial charge is 0.508 e. The van der Waals surface area contributed by atoms with Gasteiger partial charge in [-0.3, -0.25) is 9.97 Å². The van der Waals surface area contributed by atoms with Gasteiger partial charge in [0.05, 0.1) is 29.5 Å². The second kappa shape index (κ2) is 10.7. The van der Waals surface area contributed by atoms with E-state index in [-0.39, 0.29) is 23.9 Å². The highest BCUT2D eigenvalue weighted by Crippen LogP contribution is 2.26. The molecule has 0 unspecified atom stereocenters. The molecule has 8 nitrogen and oxygen atoms in total. The topological polar surface area (TPSA) is 109 Å². The lowest BCUT2D eigenvalue weighted by Gasteiger charge is -2.08. The van der Waals surface area contributed by atoms with E-state index in [1.807, 2.05) is 61.5 Å². The molecule has 9 heteroatoms. The minimum absolute atomic E-state index is 0.0483. The molecule has 0 saturated carbocycles. The third-order valence-electron chi connectivity index (χ3n) is 5.43. The Morgan fingerprint density at radius 1 is 0.838 bits per heavy atom. The molecule has 0 aliphatic rings. The summed E-state index contributed by atoms with van der Waals surface area (Å²) < 4.78 is 14.2. The van der Waals surface area contributed by atoms with Gasteiger partial charge in [-0.25, -0.2) is 14.4 Å². The monoisotopic (exact) mass is 491 g/mol. The summed E-state index contributed by atoms with van der Waals surface area (Å²) in [6.07, 6.45) is 2.78. The third-order valence-corrected chi connectivity index (χ3v) is 5.43. The number of phenolic OH excluding ortho intramolecular Hbond substituents is 1. The number of rotatable bonds is 7. The number of aromatic nitrogens is 4. The van der Waals surface area contributed by atoms with Gasteiger partial charge in [0.15, 0.2) is 5.82 Å². The number of phenols is 1. The molecule has 3 aromatic heterocycles. The Bertz CT molecular complexity index is 1550. The highest BCUT2D eigenvalue weighted by Gasteiger charge is 2.11. The molecule has 0 atom stereocenters. The number of halogens is 1. The highest BCUT2D eigenvalue weighted by molar-refractivity contribution is 5.69. The van der Waals surface area contributed by atoms with Gasteiger partial charge in [-0.2, -0.15) is 5.11 Å². The molecule has 0 fully saturated rings. The molecule has 0 aliphatic heterocycles. The number of nitrogens with one attached hydrogen (secondary N) is 1. The fraction of sp³-hybridized carbons (Fsp3) is 0.0714. The zero-order valence-electron chi connectivity index (χ0n) is 19.9. The first-order valence-electron chi connectivity index (χ1n) is 11.5. The fourth-order valence-corrected chi connectivity index (χ4v) is 3.62. The van der Waals surface area contributed by atoms with Crippen LogP contribution in [0.15, 0.2) is 101 Å². The molecule has 2 aromatic carbocycles. The Morgan fingerprint density at radius 2 is 1.65 bits per heavy atom. The number of benzene rings is 2. The number of nitrogens with zero attached hydrogens (tertiary/aromatic N) is 6. The first kappa shape index (κ1) is 23.7. The van der Waals surface area contributed by atoms with Gasteiger partial charge in [0, 0.05) is 11.4 Å². The summed E-state index contributed by atoms with van der Waals surface area (Å²) >= 11 is 0. The van der Waals surface area contributed by atoms with Crippen LogP contribution in [0, 0.1) is 12.7 Å². The smallest absolute Gasteiger partial charge is 0.269 e. The van der Waals surface area contributed by atoms with E-state index in [2.05, 4.69) is 35.5 Å². The van der Waals surface area contributed by atoms with Crippen LogP contribution in [-0.2, 0) is 6.54 Å². The van der Waals surface area contributed by atoms with Crippen molar-refractivity contribution in [3.05, 3.63) is 108 Å². The Morgan fingerprint density at radius 3 is 2.41 bits per heavy atom. The van der Waals surface area contributed by atoms with E-state index in [4.69, 9.17) is 0 Å². The van der Waals surface area contributed by atoms with E-state index in [0.29, 0.717) is 11.4 Å². The quantitative estimate of drug-likeness (QED) is 0.243. The molecule has 2 N–H and O–H groups in total. The van der Waals surface area contributed by atoms with Crippen LogP contribution in [0.2, 0.25) is 0 Å². The van der Waals surface area contributed by atoms with Gasteiger partial charge in [-0.05, 0) is 66.6 Å². The van der Waals surface area contributed by atoms with Crippen LogP contribution in [-0.4, -0.2) is 25.0 Å². The molecule has 0 amide bonds. The van der Waals surface area contributed by atoms with E-state index in [1.165, 1.54) is 0 Å². The molecular weight excluding hydrogens is 469 g/mol. The number of pyridine rings is 2. The minimum Gasteiger partial charge on any atom is -0.508 e. The SMILES string of the molecule is Cc1cccc(-c2nc(N=NCc3ccc(Nc4ccc(-c5cccc(O)c5)cc4)cn3)ncc2F)n1. The Kier molecular flexibility index (Phi) is 6.84. The molecule has 0 bridgehead atoms. The maximum Gasteiger partial charge on any atom is 0.269 e. The summed E-state index contributed by atoms with van der Waals surface area (Å²) in [6, 6.07) is 24.1. The molecule has 37 heavy (non-hydrogen) atoms. The van der Waals surface area contributed by atoms with Gasteiger partial charge < -0.3 is 10.4 Å². The van der Waals surface area contributed by atoms with Gasteiger partial charge >= 0.3 is 0 Å². The van der Waals surface area contributed by atoms with Crippen LogP contribution in [0.4, 0.5) is 21.7 Å². The van der Waals surface area contributed by atoms with Gasteiger partial charge in [0.1, 0.15) is 18.0 Å². The summed E-state index contributed by atoms with van der Waals surface area (Å²) in [6.45, 7) is 2.05. The maximum absolute atomic E-state index is 14.2. The van der Waals surface area contributed by atoms with E-state index in [9.17, 15) is 9.50 Å². The highest BCUT2D eigenvalue weighted by atomic mass is 19.1. The zero-order valence-corrected chi connectivity index (χ0v) is 19.9. The van der Waals surface area contributed by atoms with Gasteiger partial charge in [0.25, 0.3) is 5.95 Å². The lowest BCUT2D eigenvalue weighted by Crippen LogP contribution is -1.95. The fourth-order valence-electron chi connectivity index (χ4n) is 3.62. The zero-order chi connectivity index (χ0) is 25.6. The molecule has 5 aromatic rings. The third kappa shape index (κ3) is 5.96. The van der Waals surface area contributed by atoms with Crippen LogP contribution >= 0.6 is 0 Å². The van der Waals surface area contributed by atoms with Crippen LogP contribution in [0.25, 0.3) is 22.5 Å². The molecule has 3 heterocycles. The van der Waals surface area contributed by atoms with Crippen LogP contribution < -0.4 is 5.32 Å². The number of aromatic hydroxyl groups is 1. The van der Waals surface area contributed by atoms with Crippen molar-refractivity contribution >= 4 is 17.3 Å². The summed E-state index contributed by atoms with van der Waals surface area (Å²) in [4.78, 5) is 16.8. The Labute approximate surface area is 212 Å². The predicted molar refractivity (Wildman–Crippen MR) is 139 cm³/mol. The number of aryl methyl sites for hydroxylation is 1. The molecular formula is C28H22FN7O. The predicted octanol–water partition coefficient (Wildman–Crippen LogP) is 6.78. The molecule has 0 radical (unpaired) electrons. The van der Waals surface area contributed by atoms with Crippen molar-refractivity contribution in [1.82, 2.24) is 19.9 Å².